The fourth-order valence-electron chi connectivity index (χ4n) is 2.21. The van der Waals surface area contributed by atoms with Crippen molar-refractivity contribution in [1.82, 2.24) is 15.0 Å². The first-order valence-corrected chi connectivity index (χ1v) is 7.28. The molecule has 1 aromatic carbocycles. The Balaban J connectivity index is 1.81. The Labute approximate surface area is 127 Å². The molecule has 2 heterocycles. The lowest BCUT2D eigenvalue weighted by molar-refractivity contribution is 0.171. The maximum absolute atomic E-state index is 6.22. The molecule has 6 nitrogen and oxygen atoms in total. The number of ether oxygens (including phenoxy) is 2. The van der Waals surface area contributed by atoms with Crippen LogP contribution < -0.4 is 15.2 Å². The van der Waals surface area contributed by atoms with Crippen molar-refractivity contribution in [1.29, 1.82) is 0 Å². The molecular formula is C14H17ClN4O2. The number of fused-ring (bicyclic) bond motifs is 1. The predicted octanol–water partition coefficient (Wildman–Crippen LogP) is 2.16. The van der Waals surface area contributed by atoms with Gasteiger partial charge in [-0.2, -0.15) is 0 Å². The summed E-state index contributed by atoms with van der Waals surface area (Å²) in [6.45, 7) is 3.63. The molecule has 0 fully saturated rings. The van der Waals surface area contributed by atoms with Crippen molar-refractivity contribution in [3.63, 3.8) is 0 Å². The molecule has 0 bridgehead atoms. The standard InChI is InChI=1S/C14H17ClN4O2/c1-2-11(16)12-8-19(18-17-12)7-9-5-10(15)14-13(6-9)20-3-4-21-14/h5-6,8,11H,2-4,7,16H2,1H3. The van der Waals surface area contributed by atoms with E-state index in [1.807, 2.05) is 25.3 Å². The van der Waals surface area contributed by atoms with E-state index in [2.05, 4.69) is 10.3 Å². The summed E-state index contributed by atoms with van der Waals surface area (Å²) in [5, 5.41) is 8.73. The van der Waals surface area contributed by atoms with Gasteiger partial charge in [-0.25, -0.2) is 4.68 Å². The molecule has 2 N–H and O–H groups in total. The summed E-state index contributed by atoms with van der Waals surface area (Å²) in [6, 6.07) is 3.69. The average molecular weight is 309 g/mol. The molecule has 1 aliphatic heterocycles. The number of rotatable bonds is 4. The number of nitrogens with two attached hydrogens (primary N) is 1. The first-order valence-electron chi connectivity index (χ1n) is 6.91. The van der Waals surface area contributed by atoms with Crippen LogP contribution in [0.4, 0.5) is 0 Å². The molecule has 3 rings (SSSR count). The molecule has 0 amide bonds. The van der Waals surface area contributed by atoms with Crippen LogP contribution in [0, 0.1) is 0 Å². The molecule has 21 heavy (non-hydrogen) atoms. The minimum atomic E-state index is -0.0809. The van der Waals surface area contributed by atoms with Crippen molar-refractivity contribution in [3.8, 4) is 11.5 Å². The molecular weight excluding hydrogens is 292 g/mol. The van der Waals surface area contributed by atoms with Crippen molar-refractivity contribution in [2.45, 2.75) is 25.9 Å². The van der Waals surface area contributed by atoms with Crippen LogP contribution in [0.3, 0.4) is 0 Å². The predicted molar refractivity (Wildman–Crippen MR) is 78.8 cm³/mol. The van der Waals surface area contributed by atoms with Gasteiger partial charge in [0, 0.05) is 0 Å². The zero-order valence-corrected chi connectivity index (χ0v) is 12.5. The lowest BCUT2D eigenvalue weighted by Gasteiger charge is -2.20. The Morgan fingerprint density at radius 3 is 3.00 bits per heavy atom. The van der Waals surface area contributed by atoms with Crippen molar-refractivity contribution in [2.24, 2.45) is 5.73 Å². The molecule has 7 heteroatoms. The zero-order chi connectivity index (χ0) is 14.8. The Morgan fingerprint density at radius 2 is 2.19 bits per heavy atom. The van der Waals surface area contributed by atoms with E-state index in [9.17, 15) is 0 Å². The van der Waals surface area contributed by atoms with Gasteiger partial charge in [0.05, 0.1) is 29.5 Å². The smallest absolute Gasteiger partial charge is 0.179 e. The molecule has 112 valence electrons. The molecule has 0 aliphatic carbocycles. The van der Waals surface area contributed by atoms with Crippen LogP contribution in [0.5, 0.6) is 11.5 Å². The topological polar surface area (TPSA) is 75.2 Å². The highest BCUT2D eigenvalue weighted by molar-refractivity contribution is 6.32. The molecule has 1 unspecified atom stereocenters. The Kier molecular flexibility index (Phi) is 3.98. The third-order valence-corrected chi connectivity index (χ3v) is 3.66. The summed E-state index contributed by atoms with van der Waals surface area (Å²) in [5.41, 5.74) is 7.71. The van der Waals surface area contributed by atoms with E-state index in [4.69, 9.17) is 26.8 Å². The largest absolute Gasteiger partial charge is 0.486 e. The van der Waals surface area contributed by atoms with Crippen LogP contribution in [0.15, 0.2) is 18.3 Å². The van der Waals surface area contributed by atoms with Gasteiger partial charge in [-0.05, 0) is 24.1 Å². The van der Waals surface area contributed by atoms with E-state index in [1.54, 1.807) is 4.68 Å². The third kappa shape index (κ3) is 2.96. The van der Waals surface area contributed by atoms with Gasteiger partial charge in [0.1, 0.15) is 13.2 Å². The van der Waals surface area contributed by atoms with E-state index in [-0.39, 0.29) is 6.04 Å². The van der Waals surface area contributed by atoms with Gasteiger partial charge in [-0.1, -0.05) is 23.7 Å². The van der Waals surface area contributed by atoms with Gasteiger partial charge < -0.3 is 15.2 Å². The molecule has 0 saturated carbocycles. The monoisotopic (exact) mass is 308 g/mol. The second-order valence-electron chi connectivity index (χ2n) is 4.96. The molecule has 1 atom stereocenters. The normalized spacial score (nSPS) is 15.0. The van der Waals surface area contributed by atoms with Crippen LogP contribution in [-0.4, -0.2) is 28.2 Å². The first-order chi connectivity index (χ1) is 10.2. The summed E-state index contributed by atoms with van der Waals surface area (Å²) >= 11 is 6.22. The van der Waals surface area contributed by atoms with Crippen LogP contribution >= 0.6 is 11.6 Å². The van der Waals surface area contributed by atoms with E-state index in [0.717, 1.165) is 17.7 Å². The lowest BCUT2D eigenvalue weighted by Crippen LogP contribution is -2.16. The number of aromatic nitrogens is 3. The van der Waals surface area contributed by atoms with Gasteiger partial charge in [0.2, 0.25) is 0 Å². The zero-order valence-electron chi connectivity index (χ0n) is 11.8. The van der Waals surface area contributed by atoms with Crippen LogP contribution in [0.1, 0.15) is 30.6 Å². The highest BCUT2D eigenvalue weighted by Crippen LogP contribution is 2.38. The summed E-state index contributed by atoms with van der Waals surface area (Å²) in [4.78, 5) is 0. The fourth-order valence-corrected chi connectivity index (χ4v) is 2.50. The highest BCUT2D eigenvalue weighted by Gasteiger charge is 2.17. The van der Waals surface area contributed by atoms with Gasteiger partial charge in [-0.15, -0.1) is 5.10 Å². The number of nitrogens with zero attached hydrogens (tertiary/aromatic N) is 3. The SMILES string of the molecule is CCC(N)c1cn(Cc2cc(Cl)c3c(c2)OCCO3)nn1. The molecule has 0 spiro atoms. The van der Waals surface area contributed by atoms with Crippen molar-refractivity contribution < 1.29 is 9.47 Å². The highest BCUT2D eigenvalue weighted by atomic mass is 35.5. The molecule has 0 saturated heterocycles. The van der Waals surface area contributed by atoms with Gasteiger partial charge in [0.15, 0.2) is 11.5 Å². The number of halogens is 1. The quantitative estimate of drug-likeness (QED) is 0.936. The second kappa shape index (κ2) is 5.91. The van der Waals surface area contributed by atoms with E-state index < -0.39 is 0 Å². The molecule has 1 aliphatic rings. The fraction of sp³-hybridized carbons (Fsp3) is 0.429. The van der Waals surface area contributed by atoms with E-state index in [0.29, 0.717) is 36.3 Å². The number of hydrogen-bond donors (Lipinski definition) is 1. The summed E-state index contributed by atoms with van der Waals surface area (Å²) in [5.74, 6) is 1.29. The van der Waals surface area contributed by atoms with Crippen LogP contribution in [0.2, 0.25) is 5.02 Å². The Hall–Kier alpha value is -1.79. The Bertz CT molecular complexity index is 644. The van der Waals surface area contributed by atoms with Crippen molar-refractivity contribution >= 4 is 11.6 Å². The first kappa shape index (κ1) is 14.2. The van der Waals surface area contributed by atoms with Gasteiger partial charge in [-0.3, -0.25) is 0 Å². The average Bonchev–Trinajstić information content (AvgIpc) is 2.95. The maximum Gasteiger partial charge on any atom is 0.179 e. The van der Waals surface area contributed by atoms with Gasteiger partial charge >= 0.3 is 0 Å². The second-order valence-corrected chi connectivity index (χ2v) is 5.36. The van der Waals surface area contributed by atoms with E-state index >= 15 is 0 Å². The number of hydrogen-bond acceptors (Lipinski definition) is 5. The van der Waals surface area contributed by atoms with Crippen LogP contribution in [-0.2, 0) is 6.54 Å². The minimum absolute atomic E-state index is 0.0809. The van der Waals surface area contributed by atoms with Crippen LogP contribution in [0.25, 0.3) is 0 Å². The molecule has 2 aromatic rings. The van der Waals surface area contributed by atoms with E-state index in [1.165, 1.54) is 0 Å². The summed E-state index contributed by atoms with van der Waals surface area (Å²) in [7, 11) is 0. The maximum atomic E-state index is 6.22. The molecule has 0 radical (unpaired) electrons. The summed E-state index contributed by atoms with van der Waals surface area (Å²) in [6.07, 6.45) is 2.69. The molecule has 1 aromatic heterocycles. The summed E-state index contributed by atoms with van der Waals surface area (Å²) < 4.78 is 12.8. The van der Waals surface area contributed by atoms with Crippen molar-refractivity contribution in [3.05, 3.63) is 34.6 Å². The van der Waals surface area contributed by atoms with Gasteiger partial charge in [0.25, 0.3) is 0 Å². The minimum Gasteiger partial charge on any atom is -0.486 e. The third-order valence-electron chi connectivity index (χ3n) is 3.38. The Morgan fingerprint density at radius 1 is 1.38 bits per heavy atom. The lowest BCUT2D eigenvalue weighted by atomic mass is 10.2. The van der Waals surface area contributed by atoms with Crippen molar-refractivity contribution in [2.75, 3.05) is 13.2 Å². The number of benzene rings is 1.